The van der Waals surface area contributed by atoms with Crippen molar-refractivity contribution in [3.63, 3.8) is 0 Å². The smallest absolute Gasteiger partial charge is 0.295 e. The molecule has 2 rings (SSSR count). The molecular formula is C11H12BrNO2S. The van der Waals surface area contributed by atoms with Gasteiger partial charge >= 0.3 is 0 Å². The van der Waals surface area contributed by atoms with Gasteiger partial charge in [-0.1, -0.05) is 0 Å². The molecule has 0 saturated carbocycles. The molecule has 16 heavy (non-hydrogen) atoms. The third-order valence-electron chi connectivity index (χ3n) is 2.63. The summed E-state index contributed by atoms with van der Waals surface area (Å²) in [6, 6.07) is 3.49. The van der Waals surface area contributed by atoms with Crippen molar-refractivity contribution in [2.45, 2.75) is 19.3 Å². The molecule has 0 radical (unpaired) electrons. The molecule has 1 fully saturated rings. The Bertz CT molecular complexity index is 410. The molecule has 0 N–H and O–H groups in total. The van der Waals surface area contributed by atoms with E-state index < -0.39 is 0 Å². The summed E-state index contributed by atoms with van der Waals surface area (Å²) in [5, 5.41) is 0. The van der Waals surface area contributed by atoms with Crippen LogP contribution in [0.25, 0.3) is 0 Å². The number of carbonyl (C=O) groups excluding carboxylic acids is 2. The van der Waals surface area contributed by atoms with Crippen LogP contribution >= 0.6 is 27.3 Å². The molecule has 0 atom stereocenters. The summed E-state index contributed by atoms with van der Waals surface area (Å²) in [5.41, 5.74) is 0. The molecule has 1 saturated heterocycles. The molecule has 1 aromatic rings. The molecular weight excluding hydrogens is 290 g/mol. The molecule has 0 aliphatic carbocycles. The SMILES string of the molecule is O=C(C(=O)N1CCCCC1)c1ccc(Br)s1. The molecule has 1 aliphatic rings. The number of piperidine rings is 1. The van der Waals surface area contributed by atoms with E-state index >= 15 is 0 Å². The van der Waals surface area contributed by atoms with Crippen LogP contribution in [-0.2, 0) is 4.79 Å². The number of rotatable bonds is 2. The van der Waals surface area contributed by atoms with Gasteiger partial charge in [0, 0.05) is 13.1 Å². The largest absolute Gasteiger partial charge is 0.336 e. The molecule has 0 aromatic carbocycles. The average Bonchev–Trinajstić information content (AvgIpc) is 2.75. The van der Waals surface area contributed by atoms with Gasteiger partial charge in [0.2, 0.25) is 0 Å². The van der Waals surface area contributed by atoms with Gasteiger partial charge in [-0.15, -0.1) is 11.3 Å². The van der Waals surface area contributed by atoms with E-state index in [2.05, 4.69) is 15.9 Å². The van der Waals surface area contributed by atoms with Crippen LogP contribution in [0.4, 0.5) is 0 Å². The van der Waals surface area contributed by atoms with E-state index in [1.165, 1.54) is 11.3 Å². The monoisotopic (exact) mass is 301 g/mol. The number of hydrogen-bond acceptors (Lipinski definition) is 3. The third kappa shape index (κ3) is 2.52. The summed E-state index contributed by atoms with van der Waals surface area (Å²) >= 11 is 4.59. The van der Waals surface area contributed by atoms with Crippen molar-refractivity contribution in [2.75, 3.05) is 13.1 Å². The number of amides is 1. The standard InChI is InChI=1S/C11H12BrNO2S/c12-9-5-4-8(16-9)10(14)11(15)13-6-2-1-3-7-13/h4-5H,1-3,6-7H2. The Morgan fingerprint density at radius 2 is 1.88 bits per heavy atom. The minimum atomic E-state index is -0.377. The predicted molar refractivity (Wildman–Crippen MR) is 66.8 cm³/mol. The Morgan fingerprint density at radius 1 is 1.19 bits per heavy atom. The van der Waals surface area contributed by atoms with Crippen LogP contribution in [0.15, 0.2) is 15.9 Å². The van der Waals surface area contributed by atoms with Crippen LogP contribution in [-0.4, -0.2) is 29.7 Å². The number of likely N-dealkylation sites (tertiary alicyclic amines) is 1. The van der Waals surface area contributed by atoms with Crippen LogP contribution in [0.2, 0.25) is 0 Å². The van der Waals surface area contributed by atoms with Crippen LogP contribution in [0, 0.1) is 0 Å². The molecule has 1 aliphatic heterocycles. The van der Waals surface area contributed by atoms with Gasteiger partial charge in [-0.2, -0.15) is 0 Å². The number of nitrogens with zero attached hydrogens (tertiary/aromatic N) is 1. The second-order valence-corrected chi connectivity index (χ2v) is 6.25. The van der Waals surface area contributed by atoms with E-state index in [0.29, 0.717) is 4.88 Å². The number of halogens is 1. The maximum absolute atomic E-state index is 11.9. The first-order valence-corrected chi connectivity index (χ1v) is 6.88. The van der Waals surface area contributed by atoms with Crippen molar-refractivity contribution in [1.29, 1.82) is 0 Å². The lowest BCUT2D eigenvalue weighted by Gasteiger charge is -2.25. The lowest BCUT2D eigenvalue weighted by molar-refractivity contribution is -0.127. The van der Waals surface area contributed by atoms with Gasteiger partial charge in [0.05, 0.1) is 8.66 Å². The molecule has 0 unspecified atom stereocenters. The van der Waals surface area contributed by atoms with Crippen molar-refractivity contribution in [2.24, 2.45) is 0 Å². The second kappa shape index (κ2) is 5.10. The number of ketones is 1. The van der Waals surface area contributed by atoms with Gasteiger partial charge in [-0.3, -0.25) is 9.59 Å². The molecule has 3 nitrogen and oxygen atoms in total. The second-order valence-electron chi connectivity index (χ2n) is 3.79. The lowest BCUT2D eigenvalue weighted by Crippen LogP contribution is -2.39. The molecule has 1 amide bonds. The summed E-state index contributed by atoms with van der Waals surface area (Å²) in [6.07, 6.45) is 3.17. The first kappa shape index (κ1) is 11.8. The van der Waals surface area contributed by atoms with Gasteiger partial charge in [-0.05, 0) is 47.3 Å². The number of hydrogen-bond donors (Lipinski definition) is 0. The Balaban J connectivity index is 2.06. The van der Waals surface area contributed by atoms with E-state index in [0.717, 1.165) is 36.1 Å². The van der Waals surface area contributed by atoms with Crippen LogP contribution < -0.4 is 0 Å². The fraction of sp³-hybridized carbons (Fsp3) is 0.455. The van der Waals surface area contributed by atoms with Gasteiger partial charge in [-0.25, -0.2) is 0 Å². The van der Waals surface area contributed by atoms with Crippen molar-refractivity contribution in [3.8, 4) is 0 Å². The maximum Gasteiger partial charge on any atom is 0.295 e. The highest BCUT2D eigenvalue weighted by atomic mass is 79.9. The summed E-state index contributed by atoms with van der Waals surface area (Å²) in [7, 11) is 0. The highest BCUT2D eigenvalue weighted by molar-refractivity contribution is 9.11. The zero-order chi connectivity index (χ0) is 11.5. The molecule has 1 aromatic heterocycles. The highest BCUT2D eigenvalue weighted by Crippen LogP contribution is 2.23. The molecule has 2 heterocycles. The van der Waals surface area contributed by atoms with Crippen LogP contribution in [0.1, 0.15) is 28.9 Å². The van der Waals surface area contributed by atoms with E-state index in [1.54, 1.807) is 17.0 Å². The predicted octanol–water partition coefficient (Wildman–Crippen LogP) is 2.71. The zero-order valence-electron chi connectivity index (χ0n) is 8.74. The van der Waals surface area contributed by atoms with Gasteiger partial charge in [0.1, 0.15) is 0 Å². The fourth-order valence-electron chi connectivity index (χ4n) is 1.78. The van der Waals surface area contributed by atoms with Crippen molar-refractivity contribution in [3.05, 3.63) is 20.8 Å². The minimum absolute atomic E-state index is 0.353. The molecule has 86 valence electrons. The topological polar surface area (TPSA) is 37.4 Å². The van der Waals surface area contributed by atoms with E-state index in [9.17, 15) is 9.59 Å². The highest BCUT2D eigenvalue weighted by Gasteiger charge is 2.25. The van der Waals surface area contributed by atoms with Gasteiger partial charge in [0.25, 0.3) is 11.7 Å². The summed E-state index contributed by atoms with van der Waals surface area (Å²) in [4.78, 5) is 25.9. The summed E-state index contributed by atoms with van der Waals surface area (Å²) < 4.78 is 0.877. The Kier molecular flexibility index (Phi) is 3.76. The van der Waals surface area contributed by atoms with Crippen molar-refractivity contribution in [1.82, 2.24) is 4.90 Å². The van der Waals surface area contributed by atoms with Crippen molar-refractivity contribution < 1.29 is 9.59 Å². The van der Waals surface area contributed by atoms with Gasteiger partial charge < -0.3 is 4.90 Å². The fourth-order valence-corrected chi connectivity index (χ4v) is 3.10. The minimum Gasteiger partial charge on any atom is -0.336 e. The van der Waals surface area contributed by atoms with Crippen LogP contribution in [0.3, 0.4) is 0 Å². The lowest BCUT2D eigenvalue weighted by atomic mass is 10.1. The zero-order valence-corrected chi connectivity index (χ0v) is 11.1. The first-order chi connectivity index (χ1) is 7.68. The van der Waals surface area contributed by atoms with E-state index in [1.807, 2.05) is 0 Å². The number of carbonyl (C=O) groups is 2. The van der Waals surface area contributed by atoms with E-state index in [-0.39, 0.29) is 11.7 Å². The summed E-state index contributed by atoms with van der Waals surface area (Å²) in [6.45, 7) is 1.44. The normalized spacial score (nSPS) is 16.2. The molecule has 0 spiro atoms. The number of Topliss-reactive ketones (excluding diaryl/α,β-unsaturated/α-hetero) is 1. The third-order valence-corrected chi connectivity index (χ3v) is 4.26. The Labute approximate surface area is 107 Å². The first-order valence-electron chi connectivity index (χ1n) is 5.27. The van der Waals surface area contributed by atoms with Crippen LogP contribution in [0.5, 0.6) is 0 Å². The maximum atomic E-state index is 11.9. The quantitative estimate of drug-likeness (QED) is 0.622. The van der Waals surface area contributed by atoms with Crippen molar-refractivity contribution >= 4 is 39.0 Å². The Hall–Kier alpha value is -0.680. The molecule has 5 heteroatoms. The average molecular weight is 302 g/mol. The number of thiophene rings is 1. The summed E-state index contributed by atoms with van der Waals surface area (Å²) in [5.74, 6) is -0.730. The van der Waals surface area contributed by atoms with E-state index in [4.69, 9.17) is 0 Å². The molecule has 0 bridgehead atoms. The van der Waals surface area contributed by atoms with Gasteiger partial charge in [0.15, 0.2) is 0 Å². The Morgan fingerprint density at radius 3 is 2.44 bits per heavy atom.